The molecule has 0 aromatic rings. The molecule has 1 aliphatic heterocycles. The van der Waals surface area contributed by atoms with Gasteiger partial charge in [-0.1, -0.05) is 18.3 Å². The highest BCUT2D eigenvalue weighted by molar-refractivity contribution is 7.82. The molecule has 0 saturated carbocycles. The SMILES string of the molecule is C=CCN1CC(=S)N(C(C)C)C1=S. The van der Waals surface area contributed by atoms with Gasteiger partial charge in [0.25, 0.3) is 0 Å². The molecule has 2 nitrogen and oxygen atoms in total. The van der Waals surface area contributed by atoms with Gasteiger partial charge in [0.05, 0.1) is 6.54 Å². The first-order chi connectivity index (χ1) is 6.07. The van der Waals surface area contributed by atoms with E-state index < -0.39 is 0 Å². The molecule has 0 aromatic carbocycles. The maximum absolute atomic E-state index is 5.30. The second-order valence-electron chi connectivity index (χ2n) is 3.31. The Balaban J connectivity index is 2.75. The van der Waals surface area contributed by atoms with Crippen molar-refractivity contribution in [1.82, 2.24) is 9.80 Å². The Morgan fingerprint density at radius 3 is 2.54 bits per heavy atom. The van der Waals surface area contributed by atoms with Gasteiger partial charge in [0, 0.05) is 12.6 Å². The summed E-state index contributed by atoms with van der Waals surface area (Å²) in [6, 6.07) is 0.356. The summed E-state index contributed by atoms with van der Waals surface area (Å²) in [4.78, 5) is 5.00. The van der Waals surface area contributed by atoms with E-state index in [0.717, 1.165) is 23.2 Å². The third-order valence-corrected chi connectivity index (χ3v) is 2.72. The van der Waals surface area contributed by atoms with Crippen molar-refractivity contribution in [2.75, 3.05) is 13.1 Å². The van der Waals surface area contributed by atoms with Gasteiger partial charge >= 0.3 is 0 Å². The number of rotatable bonds is 3. The van der Waals surface area contributed by atoms with E-state index in [4.69, 9.17) is 24.4 Å². The Morgan fingerprint density at radius 2 is 2.15 bits per heavy atom. The van der Waals surface area contributed by atoms with Crippen LogP contribution in [0.1, 0.15) is 13.8 Å². The molecule has 13 heavy (non-hydrogen) atoms. The summed E-state index contributed by atoms with van der Waals surface area (Å²) < 4.78 is 0. The van der Waals surface area contributed by atoms with Gasteiger partial charge in [-0.25, -0.2) is 0 Å². The lowest BCUT2D eigenvalue weighted by molar-refractivity contribution is 0.478. The minimum absolute atomic E-state index is 0.356. The molecule has 0 bridgehead atoms. The van der Waals surface area contributed by atoms with E-state index in [1.165, 1.54) is 0 Å². The maximum atomic E-state index is 5.30. The van der Waals surface area contributed by atoms with Crippen LogP contribution in [-0.4, -0.2) is 39.0 Å². The highest BCUT2D eigenvalue weighted by Crippen LogP contribution is 2.15. The van der Waals surface area contributed by atoms with Gasteiger partial charge in [-0.05, 0) is 26.1 Å². The van der Waals surface area contributed by atoms with Crippen LogP contribution in [0.4, 0.5) is 0 Å². The molecular formula is C9H14N2S2. The normalized spacial score (nSPS) is 17.5. The summed E-state index contributed by atoms with van der Waals surface area (Å²) in [5.74, 6) is 0. The number of nitrogens with zero attached hydrogens (tertiary/aromatic N) is 2. The predicted molar refractivity (Wildman–Crippen MR) is 63.9 cm³/mol. The molecule has 0 aromatic heterocycles. The first kappa shape index (κ1) is 10.6. The lowest BCUT2D eigenvalue weighted by atomic mass is 10.3. The first-order valence-corrected chi connectivity index (χ1v) is 5.11. The minimum atomic E-state index is 0.356. The molecule has 1 rings (SSSR count). The van der Waals surface area contributed by atoms with E-state index in [9.17, 15) is 0 Å². The molecule has 72 valence electrons. The van der Waals surface area contributed by atoms with Crippen molar-refractivity contribution in [2.24, 2.45) is 0 Å². The zero-order valence-electron chi connectivity index (χ0n) is 7.99. The van der Waals surface area contributed by atoms with Crippen LogP contribution in [0.2, 0.25) is 0 Å². The van der Waals surface area contributed by atoms with Crippen molar-refractivity contribution in [3.63, 3.8) is 0 Å². The number of hydrogen-bond donors (Lipinski definition) is 0. The summed E-state index contributed by atoms with van der Waals surface area (Å²) in [7, 11) is 0. The average Bonchev–Trinajstić information content (AvgIpc) is 2.28. The van der Waals surface area contributed by atoms with Crippen molar-refractivity contribution in [2.45, 2.75) is 19.9 Å². The topological polar surface area (TPSA) is 6.48 Å². The highest BCUT2D eigenvalue weighted by atomic mass is 32.1. The van der Waals surface area contributed by atoms with Crippen LogP contribution < -0.4 is 0 Å². The van der Waals surface area contributed by atoms with E-state index in [0.29, 0.717) is 6.04 Å². The van der Waals surface area contributed by atoms with Gasteiger partial charge < -0.3 is 9.80 Å². The molecule has 4 heteroatoms. The van der Waals surface area contributed by atoms with Gasteiger partial charge in [-0.2, -0.15) is 0 Å². The number of thiocarbonyl (C=S) groups is 2. The van der Waals surface area contributed by atoms with Crippen LogP contribution in [0.5, 0.6) is 0 Å². The highest BCUT2D eigenvalue weighted by Gasteiger charge is 2.30. The van der Waals surface area contributed by atoms with E-state index >= 15 is 0 Å². The Hall–Kier alpha value is -0.480. The Kier molecular flexibility index (Phi) is 3.39. The molecular weight excluding hydrogens is 200 g/mol. The van der Waals surface area contributed by atoms with Crippen molar-refractivity contribution in [3.8, 4) is 0 Å². The molecule has 0 spiro atoms. The van der Waals surface area contributed by atoms with Gasteiger partial charge in [-0.3, -0.25) is 0 Å². The standard InChI is InChI=1S/C9H14N2S2/c1-4-5-10-6-8(12)11(7(2)3)9(10)13/h4,7H,1,5-6H2,2-3H3. The first-order valence-electron chi connectivity index (χ1n) is 4.29. The van der Waals surface area contributed by atoms with Crippen LogP contribution in [0.15, 0.2) is 12.7 Å². The fraction of sp³-hybridized carbons (Fsp3) is 0.556. The molecule has 0 aliphatic carbocycles. The summed E-state index contributed by atoms with van der Waals surface area (Å²) in [5, 5.41) is 0.833. The lowest BCUT2D eigenvalue weighted by Crippen LogP contribution is -2.37. The fourth-order valence-corrected chi connectivity index (χ4v) is 2.34. The average molecular weight is 214 g/mol. The molecule has 1 fully saturated rings. The second kappa shape index (κ2) is 4.15. The summed E-state index contributed by atoms with van der Waals surface area (Å²) in [6.45, 7) is 9.42. The van der Waals surface area contributed by atoms with Crippen molar-refractivity contribution in [3.05, 3.63) is 12.7 Å². The van der Waals surface area contributed by atoms with Crippen LogP contribution in [0.25, 0.3) is 0 Å². The van der Waals surface area contributed by atoms with Crippen molar-refractivity contribution < 1.29 is 0 Å². The third kappa shape index (κ3) is 2.06. The summed E-state index contributed by atoms with van der Waals surface area (Å²) in [6.07, 6.45) is 1.85. The Labute approximate surface area is 90.2 Å². The van der Waals surface area contributed by atoms with Crippen LogP contribution in [0.3, 0.4) is 0 Å². The van der Waals surface area contributed by atoms with E-state index in [-0.39, 0.29) is 0 Å². The second-order valence-corrected chi connectivity index (χ2v) is 4.15. The van der Waals surface area contributed by atoms with Crippen molar-refractivity contribution >= 4 is 34.5 Å². The Morgan fingerprint density at radius 1 is 1.54 bits per heavy atom. The molecule has 0 unspecified atom stereocenters. The van der Waals surface area contributed by atoms with Gasteiger partial charge in [0.15, 0.2) is 5.11 Å². The van der Waals surface area contributed by atoms with Crippen LogP contribution in [0, 0.1) is 0 Å². The monoisotopic (exact) mass is 214 g/mol. The molecule has 1 saturated heterocycles. The lowest BCUT2D eigenvalue weighted by Gasteiger charge is -2.23. The largest absolute Gasteiger partial charge is 0.338 e. The number of hydrogen-bond acceptors (Lipinski definition) is 2. The minimum Gasteiger partial charge on any atom is -0.338 e. The zero-order valence-corrected chi connectivity index (χ0v) is 9.62. The smallest absolute Gasteiger partial charge is 0.177 e. The molecule has 0 amide bonds. The van der Waals surface area contributed by atoms with Gasteiger partial charge in [0.1, 0.15) is 4.99 Å². The molecule has 0 radical (unpaired) electrons. The zero-order chi connectivity index (χ0) is 10.0. The summed E-state index contributed by atoms with van der Waals surface area (Å²) in [5.41, 5.74) is 0. The van der Waals surface area contributed by atoms with Gasteiger partial charge in [-0.15, -0.1) is 6.58 Å². The third-order valence-electron chi connectivity index (χ3n) is 1.94. The maximum Gasteiger partial charge on any atom is 0.177 e. The van der Waals surface area contributed by atoms with E-state index in [1.807, 2.05) is 11.0 Å². The van der Waals surface area contributed by atoms with E-state index in [1.54, 1.807) is 0 Å². The molecule has 0 N–H and O–H groups in total. The van der Waals surface area contributed by atoms with Crippen LogP contribution in [-0.2, 0) is 0 Å². The Bertz CT molecular complexity index is 248. The van der Waals surface area contributed by atoms with Gasteiger partial charge in [0.2, 0.25) is 0 Å². The van der Waals surface area contributed by atoms with Crippen molar-refractivity contribution in [1.29, 1.82) is 0 Å². The van der Waals surface area contributed by atoms with Crippen LogP contribution >= 0.6 is 24.4 Å². The predicted octanol–water partition coefficient (Wildman–Crippen LogP) is 1.81. The molecule has 1 aliphatic rings. The van der Waals surface area contributed by atoms with E-state index in [2.05, 4.69) is 25.3 Å². The quantitative estimate of drug-likeness (QED) is 0.522. The molecule has 0 atom stereocenters. The molecule has 1 heterocycles. The summed E-state index contributed by atoms with van der Waals surface area (Å²) >= 11 is 10.5. The fourth-order valence-electron chi connectivity index (χ4n) is 1.37.